The number of methoxy groups -OCH3 is 1. The fourth-order valence-corrected chi connectivity index (χ4v) is 3.45. The summed E-state index contributed by atoms with van der Waals surface area (Å²) in [5, 5.41) is 10.7. The van der Waals surface area contributed by atoms with Crippen LogP contribution >= 0.6 is 0 Å². The second-order valence-corrected chi connectivity index (χ2v) is 6.89. The molecule has 0 saturated heterocycles. The van der Waals surface area contributed by atoms with E-state index in [2.05, 4.69) is 24.8 Å². The number of carbonyl (C=O) groups is 1. The van der Waals surface area contributed by atoms with E-state index < -0.39 is 18.0 Å². The molecule has 0 aliphatic carbocycles. The summed E-state index contributed by atoms with van der Waals surface area (Å²) >= 11 is 0. The third-order valence-corrected chi connectivity index (χ3v) is 4.87. The second kappa shape index (κ2) is 8.29. The molecule has 0 fully saturated rings. The lowest BCUT2D eigenvalue weighted by molar-refractivity contribution is -0.274. The molecular weight excluding hydrogens is 425 g/mol. The van der Waals surface area contributed by atoms with Crippen LogP contribution in [0.25, 0.3) is 22.3 Å². The molecule has 0 saturated carbocycles. The van der Waals surface area contributed by atoms with E-state index >= 15 is 0 Å². The van der Waals surface area contributed by atoms with Crippen LogP contribution in [0.5, 0.6) is 11.5 Å². The summed E-state index contributed by atoms with van der Waals surface area (Å²) in [6, 6.07) is 14.1. The zero-order valence-electron chi connectivity index (χ0n) is 17.2. The van der Waals surface area contributed by atoms with Crippen LogP contribution in [0.4, 0.5) is 19.0 Å². The van der Waals surface area contributed by atoms with Crippen LogP contribution in [-0.2, 0) is 6.54 Å². The first-order valence-corrected chi connectivity index (χ1v) is 9.67. The molecule has 4 rings (SSSR count). The lowest BCUT2D eigenvalue weighted by atomic mass is 10.2. The van der Waals surface area contributed by atoms with Gasteiger partial charge in [0.1, 0.15) is 11.5 Å². The van der Waals surface area contributed by atoms with Crippen LogP contribution in [-0.4, -0.2) is 34.1 Å². The van der Waals surface area contributed by atoms with Crippen molar-refractivity contribution < 1.29 is 27.4 Å². The summed E-state index contributed by atoms with van der Waals surface area (Å²) in [4.78, 5) is 12.4. The third-order valence-electron chi connectivity index (χ3n) is 4.87. The minimum atomic E-state index is -4.79. The molecule has 10 heteroatoms. The van der Waals surface area contributed by atoms with Crippen LogP contribution in [0.3, 0.4) is 0 Å². The Morgan fingerprint density at radius 3 is 2.47 bits per heavy atom. The first kappa shape index (κ1) is 21.3. The Bertz CT molecular complexity index is 1260. The monoisotopic (exact) mass is 444 g/mol. The lowest BCUT2D eigenvalue weighted by Crippen LogP contribution is -2.17. The summed E-state index contributed by atoms with van der Waals surface area (Å²) in [6.07, 6.45) is -4.79. The van der Waals surface area contributed by atoms with Gasteiger partial charge < -0.3 is 19.4 Å². The van der Waals surface area contributed by atoms with E-state index in [-0.39, 0.29) is 11.4 Å². The number of amides is 1. The Morgan fingerprint density at radius 1 is 1.09 bits per heavy atom. The average Bonchev–Trinajstić information content (AvgIpc) is 3.36. The summed E-state index contributed by atoms with van der Waals surface area (Å²) < 4.78 is 48.0. The highest BCUT2D eigenvalue weighted by atomic mass is 19.4. The topological polar surface area (TPSA) is 81.2 Å². The fourth-order valence-electron chi connectivity index (χ4n) is 3.45. The van der Waals surface area contributed by atoms with Gasteiger partial charge in [-0.2, -0.15) is 5.10 Å². The number of nitrogens with zero attached hydrogens (tertiary/aromatic N) is 2. The number of halogens is 3. The number of hydrogen-bond donors (Lipinski definition) is 2. The molecule has 2 N–H and O–H groups in total. The molecule has 0 aliphatic rings. The summed E-state index contributed by atoms with van der Waals surface area (Å²) in [6.45, 7) is 2.75. The number of aromatic nitrogens is 3. The molecule has 32 heavy (non-hydrogen) atoms. The van der Waals surface area contributed by atoms with Gasteiger partial charge in [0, 0.05) is 29.1 Å². The molecule has 0 unspecified atom stereocenters. The number of anilines is 1. The van der Waals surface area contributed by atoms with Crippen molar-refractivity contribution in [2.24, 2.45) is 0 Å². The Labute approximate surface area is 180 Å². The summed E-state index contributed by atoms with van der Waals surface area (Å²) in [7, 11) is 1.61. The standard InChI is InChI=1S/C22H19F3N4O3/c1-3-29-18-9-8-16(31-2)10-14(18)11-19(29)17-12-20(28-27-17)26-21(30)13-4-6-15(7-5-13)32-22(23,24)25/h4-12H,3H2,1-2H3,(H2,26,27,28,30). The van der Waals surface area contributed by atoms with E-state index in [1.807, 2.05) is 31.2 Å². The molecule has 2 aromatic heterocycles. The van der Waals surface area contributed by atoms with Gasteiger partial charge in [0.25, 0.3) is 5.91 Å². The van der Waals surface area contributed by atoms with Crippen molar-refractivity contribution in [2.75, 3.05) is 12.4 Å². The minimum absolute atomic E-state index is 0.166. The Hall–Kier alpha value is -3.95. The normalized spacial score (nSPS) is 11.5. The van der Waals surface area contributed by atoms with Gasteiger partial charge >= 0.3 is 6.36 Å². The highest BCUT2D eigenvalue weighted by Gasteiger charge is 2.31. The van der Waals surface area contributed by atoms with Gasteiger partial charge in [-0.3, -0.25) is 9.89 Å². The van der Waals surface area contributed by atoms with E-state index in [1.165, 1.54) is 12.1 Å². The van der Waals surface area contributed by atoms with E-state index in [0.717, 1.165) is 41.0 Å². The Balaban J connectivity index is 1.53. The number of hydrogen-bond acceptors (Lipinski definition) is 4. The van der Waals surface area contributed by atoms with Gasteiger partial charge in [-0.05, 0) is 55.5 Å². The number of alkyl halides is 3. The van der Waals surface area contributed by atoms with Crippen molar-refractivity contribution in [2.45, 2.75) is 19.8 Å². The Kier molecular flexibility index (Phi) is 5.52. The molecule has 7 nitrogen and oxygen atoms in total. The highest BCUT2D eigenvalue weighted by molar-refractivity contribution is 6.04. The van der Waals surface area contributed by atoms with Crippen LogP contribution in [0.2, 0.25) is 0 Å². The van der Waals surface area contributed by atoms with Gasteiger partial charge in [0.05, 0.1) is 18.5 Å². The number of rotatable bonds is 6. The van der Waals surface area contributed by atoms with Crippen molar-refractivity contribution in [3.63, 3.8) is 0 Å². The van der Waals surface area contributed by atoms with Crippen LogP contribution in [0.1, 0.15) is 17.3 Å². The predicted molar refractivity (Wildman–Crippen MR) is 113 cm³/mol. The summed E-state index contributed by atoms with van der Waals surface area (Å²) in [5.41, 5.74) is 2.78. The maximum atomic E-state index is 12.4. The maximum Gasteiger partial charge on any atom is 0.573 e. The zero-order chi connectivity index (χ0) is 22.9. The van der Waals surface area contributed by atoms with Gasteiger partial charge in [-0.1, -0.05) is 0 Å². The molecule has 0 bridgehead atoms. The zero-order valence-corrected chi connectivity index (χ0v) is 17.2. The second-order valence-electron chi connectivity index (χ2n) is 6.89. The number of carbonyl (C=O) groups excluding carboxylic acids is 1. The largest absolute Gasteiger partial charge is 0.573 e. The van der Waals surface area contributed by atoms with Crippen LogP contribution in [0, 0.1) is 0 Å². The number of ether oxygens (including phenoxy) is 2. The van der Waals surface area contributed by atoms with Crippen molar-refractivity contribution in [3.8, 4) is 22.9 Å². The number of H-pyrrole nitrogens is 1. The van der Waals surface area contributed by atoms with Crippen LogP contribution in [0.15, 0.2) is 54.6 Å². The van der Waals surface area contributed by atoms with Gasteiger partial charge in [0.15, 0.2) is 5.82 Å². The van der Waals surface area contributed by atoms with Crippen molar-refractivity contribution in [3.05, 3.63) is 60.2 Å². The molecule has 166 valence electrons. The first-order valence-electron chi connectivity index (χ1n) is 9.67. The number of aryl methyl sites for hydroxylation is 1. The molecule has 4 aromatic rings. The molecule has 0 atom stereocenters. The van der Waals surface area contributed by atoms with E-state index in [1.54, 1.807) is 13.2 Å². The fraction of sp³-hybridized carbons (Fsp3) is 0.182. The molecule has 0 radical (unpaired) electrons. The van der Waals surface area contributed by atoms with Crippen molar-refractivity contribution in [1.82, 2.24) is 14.8 Å². The molecular formula is C22H19F3N4O3. The number of fused-ring (bicyclic) bond motifs is 1. The molecule has 0 spiro atoms. The lowest BCUT2D eigenvalue weighted by Gasteiger charge is -2.09. The molecule has 2 aromatic carbocycles. The number of aromatic amines is 1. The molecule has 0 aliphatic heterocycles. The minimum Gasteiger partial charge on any atom is -0.497 e. The predicted octanol–water partition coefficient (Wildman–Crippen LogP) is 5.21. The van der Waals surface area contributed by atoms with E-state index in [9.17, 15) is 18.0 Å². The number of benzene rings is 2. The smallest absolute Gasteiger partial charge is 0.497 e. The van der Waals surface area contributed by atoms with Gasteiger partial charge in [0.2, 0.25) is 0 Å². The van der Waals surface area contributed by atoms with Crippen molar-refractivity contribution in [1.29, 1.82) is 0 Å². The van der Waals surface area contributed by atoms with Crippen LogP contribution < -0.4 is 14.8 Å². The third kappa shape index (κ3) is 4.39. The van der Waals surface area contributed by atoms with Gasteiger partial charge in [-0.15, -0.1) is 13.2 Å². The maximum absolute atomic E-state index is 12.4. The molecule has 2 heterocycles. The molecule has 1 amide bonds. The van der Waals surface area contributed by atoms with Crippen molar-refractivity contribution >= 4 is 22.6 Å². The first-order chi connectivity index (χ1) is 15.3. The SMILES string of the molecule is CCn1c(-c2cc(NC(=O)c3ccc(OC(F)(F)F)cc3)n[nH]2)cc2cc(OC)ccc21. The van der Waals surface area contributed by atoms with E-state index in [0.29, 0.717) is 5.69 Å². The average molecular weight is 444 g/mol. The van der Waals surface area contributed by atoms with E-state index in [4.69, 9.17) is 4.74 Å². The highest BCUT2D eigenvalue weighted by Crippen LogP contribution is 2.31. The summed E-state index contributed by atoms with van der Waals surface area (Å²) in [5.74, 6) is 0.120. The number of nitrogens with one attached hydrogen (secondary N) is 2. The quantitative estimate of drug-likeness (QED) is 0.428. The Morgan fingerprint density at radius 2 is 1.81 bits per heavy atom. The van der Waals surface area contributed by atoms with Gasteiger partial charge in [-0.25, -0.2) is 0 Å².